The van der Waals surface area contributed by atoms with Crippen LogP contribution in [0, 0.1) is 19.7 Å². The number of likely N-dealkylation sites (N-methyl/N-ethyl adjacent to an activating group) is 1. The molecule has 0 saturated heterocycles. The van der Waals surface area contributed by atoms with E-state index in [0.29, 0.717) is 46.9 Å². The lowest BCUT2D eigenvalue weighted by atomic mass is 10.0. The van der Waals surface area contributed by atoms with Gasteiger partial charge in [0.05, 0.1) is 11.1 Å². The molecule has 0 saturated carbocycles. The van der Waals surface area contributed by atoms with Gasteiger partial charge in [-0.25, -0.2) is 4.39 Å². The highest BCUT2D eigenvalue weighted by Crippen LogP contribution is 2.34. The summed E-state index contributed by atoms with van der Waals surface area (Å²) in [6, 6.07) is 4.17. The first-order valence-electron chi connectivity index (χ1n) is 8.37. The van der Waals surface area contributed by atoms with Crippen LogP contribution in [0.25, 0.3) is 11.6 Å². The number of aryl methyl sites for hydroxylation is 1. The molecule has 0 bridgehead atoms. The van der Waals surface area contributed by atoms with Crippen molar-refractivity contribution in [2.24, 2.45) is 0 Å². The molecular weight excluding hydrogens is 335 g/mol. The van der Waals surface area contributed by atoms with Gasteiger partial charge in [-0.1, -0.05) is 0 Å². The van der Waals surface area contributed by atoms with Gasteiger partial charge >= 0.3 is 0 Å². The van der Waals surface area contributed by atoms with E-state index in [1.54, 1.807) is 6.08 Å². The van der Waals surface area contributed by atoms with Crippen molar-refractivity contribution in [2.45, 2.75) is 13.8 Å². The number of H-pyrrole nitrogens is 1. The fourth-order valence-electron chi connectivity index (χ4n) is 3.10. The average Bonchev–Trinajstić information content (AvgIpc) is 3.04. The Balaban J connectivity index is 1.96. The molecule has 1 aromatic carbocycles. The Hall–Kier alpha value is -2.93. The van der Waals surface area contributed by atoms with E-state index in [9.17, 15) is 14.0 Å². The van der Waals surface area contributed by atoms with Gasteiger partial charge in [0, 0.05) is 35.7 Å². The van der Waals surface area contributed by atoms with Crippen LogP contribution in [-0.4, -0.2) is 36.9 Å². The molecule has 4 N–H and O–H groups in total. The second-order valence-corrected chi connectivity index (χ2v) is 6.23. The normalized spacial score (nSPS) is 14.5. The molecule has 2 heterocycles. The summed E-state index contributed by atoms with van der Waals surface area (Å²) in [6.45, 7) is 4.82. The van der Waals surface area contributed by atoms with Crippen LogP contribution in [-0.2, 0) is 4.79 Å². The number of hydrogen-bond donors (Lipinski definition) is 4. The third kappa shape index (κ3) is 3.25. The number of benzene rings is 1. The van der Waals surface area contributed by atoms with Crippen LogP contribution in [0.1, 0.15) is 32.9 Å². The van der Waals surface area contributed by atoms with Gasteiger partial charge in [-0.05, 0) is 50.7 Å². The minimum absolute atomic E-state index is 0.168. The van der Waals surface area contributed by atoms with Crippen molar-refractivity contribution >= 4 is 29.2 Å². The lowest BCUT2D eigenvalue weighted by Crippen LogP contribution is -2.30. The van der Waals surface area contributed by atoms with Crippen LogP contribution in [0.15, 0.2) is 18.2 Å². The van der Waals surface area contributed by atoms with E-state index >= 15 is 0 Å². The number of anilines is 1. The summed E-state index contributed by atoms with van der Waals surface area (Å²) in [5, 5.41) is 8.54. The van der Waals surface area contributed by atoms with E-state index in [-0.39, 0.29) is 11.8 Å². The van der Waals surface area contributed by atoms with Crippen LogP contribution in [0.3, 0.4) is 0 Å². The van der Waals surface area contributed by atoms with E-state index in [0.717, 1.165) is 5.56 Å². The van der Waals surface area contributed by atoms with Gasteiger partial charge < -0.3 is 20.9 Å². The van der Waals surface area contributed by atoms with Gasteiger partial charge in [0.25, 0.3) is 11.8 Å². The summed E-state index contributed by atoms with van der Waals surface area (Å²) in [5.74, 6) is -0.870. The molecule has 6 nitrogen and oxygen atoms in total. The number of halogens is 1. The van der Waals surface area contributed by atoms with E-state index in [1.165, 1.54) is 18.2 Å². The first kappa shape index (κ1) is 17.9. The highest BCUT2D eigenvalue weighted by molar-refractivity contribution is 6.34. The minimum atomic E-state index is -0.407. The number of fused-ring (bicyclic) bond motifs is 1. The number of carbonyl (C=O) groups is 2. The molecule has 0 fully saturated rings. The highest BCUT2D eigenvalue weighted by Gasteiger charge is 2.26. The third-order valence-corrected chi connectivity index (χ3v) is 4.42. The lowest BCUT2D eigenvalue weighted by Gasteiger charge is -2.05. The summed E-state index contributed by atoms with van der Waals surface area (Å²) < 4.78 is 13.6. The molecule has 136 valence electrons. The van der Waals surface area contributed by atoms with Crippen molar-refractivity contribution in [1.82, 2.24) is 15.6 Å². The van der Waals surface area contributed by atoms with E-state index in [4.69, 9.17) is 0 Å². The zero-order valence-electron chi connectivity index (χ0n) is 14.9. The van der Waals surface area contributed by atoms with Crippen LogP contribution in [0.4, 0.5) is 10.1 Å². The summed E-state index contributed by atoms with van der Waals surface area (Å²) in [4.78, 5) is 27.8. The first-order chi connectivity index (χ1) is 12.4. The van der Waals surface area contributed by atoms with Crippen LogP contribution in [0.5, 0.6) is 0 Å². The molecule has 2 amide bonds. The van der Waals surface area contributed by atoms with Crippen LogP contribution < -0.4 is 16.0 Å². The van der Waals surface area contributed by atoms with Crippen LogP contribution >= 0.6 is 0 Å². The number of hydrogen-bond acceptors (Lipinski definition) is 3. The molecule has 1 aliphatic rings. The van der Waals surface area contributed by atoms with Crippen molar-refractivity contribution in [1.29, 1.82) is 0 Å². The summed E-state index contributed by atoms with van der Waals surface area (Å²) in [7, 11) is 1.82. The smallest absolute Gasteiger partial charge is 0.256 e. The number of carbonyl (C=O) groups excluding carboxylic acids is 2. The van der Waals surface area contributed by atoms with E-state index in [2.05, 4.69) is 20.9 Å². The SMILES string of the molecule is CNCCNC(=O)c1c(C)[nH]c(/C=C2\C(=O)Nc3ccc(F)cc32)c1C. The van der Waals surface area contributed by atoms with E-state index in [1.807, 2.05) is 20.9 Å². The molecule has 2 aromatic rings. The van der Waals surface area contributed by atoms with Crippen molar-refractivity contribution in [3.05, 3.63) is 52.1 Å². The largest absolute Gasteiger partial charge is 0.358 e. The summed E-state index contributed by atoms with van der Waals surface area (Å²) >= 11 is 0. The van der Waals surface area contributed by atoms with Crippen molar-refractivity contribution in [3.63, 3.8) is 0 Å². The molecule has 7 heteroatoms. The Labute approximate surface area is 150 Å². The van der Waals surface area contributed by atoms with Crippen molar-refractivity contribution in [2.75, 3.05) is 25.5 Å². The highest BCUT2D eigenvalue weighted by atomic mass is 19.1. The maximum atomic E-state index is 13.6. The summed E-state index contributed by atoms with van der Waals surface area (Å²) in [5.41, 5.74) is 4.14. The number of amides is 2. The number of rotatable bonds is 5. The molecular formula is C19H21FN4O2. The zero-order valence-corrected chi connectivity index (χ0v) is 14.9. The molecule has 0 atom stereocenters. The second kappa shape index (κ2) is 7.13. The molecule has 1 aliphatic heterocycles. The van der Waals surface area contributed by atoms with Gasteiger partial charge in [0.15, 0.2) is 0 Å². The third-order valence-electron chi connectivity index (χ3n) is 4.42. The number of nitrogens with one attached hydrogen (secondary N) is 4. The Morgan fingerprint density at radius 1 is 1.27 bits per heavy atom. The Morgan fingerprint density at radius 3 is 2.77 bits per heavy atom. The molecule has 0 unspecified atom stereocenters. The van der Waals surface area contributed by atoms with Crippen molar-refractivity contribution in [3.8, 4) is 0 Å². The Morgan fingerprint density at radius 2 is 2.04 bits per heavy atom. The average molecular weight is 356 g/mol. The molecule has 0 radical (unpaired) electrons. The molecule has 3 rings (SSSR count). The molecule has 0 aliphatic carbocycles. The predicted molar refractivity (Wildman–Crippen MR) is 99.4 cm³/mol. The van der Waals surface area contributed by atoms with Gasteiger partial charge in [-0.2, -0.15) is 0 Å². The molecule has 1 aromatic heterocycles. The lowest BCUT2D eigenvalue weighted by molar-refractivity contribution is -0.110. The van der Waals surface area contributed by atoms with Gasteiger partial charge in [0.2, 0.25) is 0 Å². The van der Waals surface area contributed by atoms with Crippen LogP contribution in [0.2, 0.25) is 0 Å². The van der Waals surface area contributed by atoms with Crippen molar-refractivity contribution < 1.29 is 14.0 Å². The first-order valence-corrected chi connectivity index (χ1v) is 8.37. The number of aromatic nitrogens is 1. The summed E-state index contributed by atoms with van der Waals surface area (Å²) in [6.07, 6.45) is 1.66. The Kier molecular flexibility index (Phi) is 4.90. The Bertz CT molecular complexity index is 915. The quantitative estimate of drug-likeness (QED) is 0.489. The fourth-order valence-corrected chi connectivity index (χ4v) is 3.10. The predicted octanol–water partition coefficient (Wildman–Crippen LogP) is 2.21. The maximum absolute atomic E-state index is 13.6. The topological polar surface area (TPSA) is 86.0 Å². The fraction of sp³-hybridized carbons (Fsp3) is 0.263. The second-order valence-electron chi connectivity index (χ2n) is 6.23. The van der Waals surface area contributed by atoms with Gasteiger partial charge in [-0.3, -0.25) is 9.59 Å². The van der Waals surface area contributed by atoms with Gasteiger partial charge in [-0.15, -0.1) is 0 Å². The molecule has 0 spiro atoms. The molecule has 26 heavy (non-hydrogen) atoms. The number of aromatic amines is 1. The van der Waals surface area contributed by atoms with E-state index < -0.39 is 5.82 Å². The standard InChI is InChI=1S/C19H21FN4O2/c1-10-16(23-11(2)17(10)19(26)22-7-6-21-3)9-14-13-8-12(20)4-5-15(13)24-18(14)25/h4-5,8-9,21,23H,6-7H2,1-3H3,(H,22,26)(H,24,25)/b14-9-. The van der Waals surface area contributed by atoms with Gasteiger partial charge in [0.1, 0.15) is 5.82 Å². The zero-order chi connectivity index (χ0) is 18.8. The monoisotopic (exact) mass is 356 g/mol. The maximum Gasteiger partial charge on any atom is 0.256 e. The minimum Gasteiger partial charge on any atom is -0.358 e.